The maximum atomic E-state index is 12.4. The molecule has 0 saturated heterocycles. The lowest BCUT2D eigenvalue weighted by molar-refractivity contribution is 0.0135. The highest BCUT2D eigenvalue weighted by molar-refractivity contribution is 6.17. The number of halogens is 1. The highest BCUT2D eigenvalue weighted by Crippen LogP contribution is 2.44. The van der Waals surface area contributed by atoms with E-state index in [0.29, 0.717) is 58.7 Å². The van der Waals surface area contributed by atoms with Crippen LogP contribution in [0.15, 0.2) is 48.5 Å². The lowest BCUT2D eigenvalue weighted by Crippen LogP contribution is -2.32. The molecule has 1 aliphatic rings. The van der Waals surface area contributed by atoms with E-state index in [1.807, 2.05) is 24.3 Å². The number of nitrogens with zero attached hydrogens (tertiary/aromatic N) is 1. The lowest BCUT2D eigenvalue weighted by Gasteiger charge is -2.19. The minimum Gasteiger partial charge on any atom is -0.448 e. The van der Waals surface area contributed by atoms with Crippen molar-refractivity contribution in [3.63, 3.8) is 0 Å². The molecule has 2 aromatic rings. The topological polar surface area (TPSA) is 57.2 Å². The van der Waals surface area contributed by atoms with Crippen molar-refractivity contribution in [3.8, 4) is 11.1 Å². The predicted octanol–water partition coefficient (Wildman–Crippen LogP) is 4.16. The van der Waals surface area contributed by atoms with Crippen molar-refractivity contribution in [1.29, 1.82) is 0 Å². The quantitative estimate of drug-likeness (QED) is 0.341. The Labute approximate surface area is 189 Å². The zero-order valence-electron chi connectivity index (χ0n) is 17.9. The minimum absolute atomic E-state index is 0.0616. The summed E-state index contributed by atoms with van der Waals surface area (Å²) in [4.78, 5) is 14.0. The molecule has 7 heteroatoms. The second kappa shape index (κ2) is 12.7. The Morgan fingerprint density at radius 1 is 0.839 bits per heavy atom. The monoisotopic (exact) mass is 447 g/mol. The molecule has 1 aliphatic carbocycles. The minimum atomic E-state index is -0.349. The summed E-state index contributed by atoms with van der Waals surface area (Å²) in [6.07, 6.45) is -0.349. The van der Waals surface area contributed by atoms with Crippen molar-refractivity contribution in [2.24, 2.45) is 0 Å². The van der Waals surface area contributed by atoms with Crippen LogP contribution >= 0.6 is 11.6 Å². The van der Waals surface area contributed by atoms with Gasteiger partial charge in [-0.3, -0.25) is 0 Å². The normalized spacial score (nSPS) is 12.5. The Hall–Kier alpha value is -2.12. The van der Waals surface area contributed by atoms with E-state index in [1.54, 1.807) is 7.05 Å². The van der Waals surface area contributed by atoms with Crippen LogP contribution < -0.4 is 0 Å². The number of fused-ring (bicyclic) bond motifs is 3. The Morgan fingerprint density at radius 3 is 1.94 bits per heavy atom. The van der Waals surface area contributed by atoms with Gasteiger partial charge in [0.2, 0.25) is 0 Å². The van der Waals surface area contributed by atoms with Crippen molar-refractivity contribution >= 4 is 17.7 Å². The molecule has 0 aliphatic heterocycles. The average Bonchev–Trinajstić information content (AvgIpc) is 3.12. The summed E-state index contributed by atoms with van der Waals surface area (Å²) < 4.78 is 21.7. The number of amides is 1. The van der Waals surface area contributed by atoms with Crippen LogP contribution in [0.25, 0.3) is 11.1 Å². The third-order valence-electron chi connectivity index (χ3n) is 5.18. The van der Waals surface area contributed by atoms with Gasteiger partial charge in [0.05, 0.1) is 39.6 Å². The molecule has 0 spiro atoms. The van der Waals surface area contributed by atoms with E-state index in [1.165, 1.54) is 27.2 Å². The van der Waals surface area contributed by atoms with Gasteiger partial charge in [-0.1, -0.05) is 48.5 Å². The van der Waals surface area contributed by atoms with E-state index >= 15 is 0 Å². The van der Waals surface area contributed by atoms with Crippen molar-refractivity contribution in [2.75, 3.05) is 65.7 Å². The highest BCUT2D eigenvalue weighted by atomic mass is 35.5. The largest absolute Gasteiger partial charge is 0.448 e. The van der Waals surface area contributed by atoms with Crippen molar-refractivity contribution < 1.29 is 23.7 Å². The van der Waals surface area contributed by atoms with Crippen LogP contribution in [0.5, 0.6) is 0 Å². The summed E-state index contributed by atoms with van der Waals surface area (Å²) in [6, 6.07) is 16.6. The van der Waals surface area contributed by atoms with Crippen LogP contribution in [0.4, 0.5) is 4.79 Å². The molecule has 0 fully saturated rings. The molecule has 6 nitrogen and oxygen atoms in total. The van der Waals surface area contributed by atoms with Gasteiger partial charge in [0, 0.05) is 25.4 Å². The fourth-order valence-corrected chi connectivity index (χ4v) is 3.70. The third kappa shape index (κ3) is 6.68. The van der Waals surface area contributed by atoms with E-state index < -0.39 is 0 Å². The molecule has 3 rings (SSSR count). The SMILES string of the molecule is CN(CCOCCOCCOCCCl)C(=O)OCC1c2ccccc2-c2ccccc21. The maximum Gasteiger partial charge on any atom is 0.409 e. The van der Waals surface area contributed by atoms with Crippen LogP contribution in [0.1, 0.15) is 17.0 Å². The zero-order valence-corrected chi connectivity index (χ0v) is 18.7. The summed E-state index contributed by atoms with van der Waals surface area (Å²) in [5.74, 6) is 0.548. The zero-order chi connectivity index (χ0) is 21.9. The van der Waals surface area contributed by atoms with Crippen molar-refractivity contribution in [1.82, 2.24) is 4.90 Å². The summed E-state index contributed by atoms with van der Waals surface area (Å²) >= 11 is 5.52. The molecule has 168 valence electrons. The standard InChI is InChI=1S/C24H30ClNO5/c1-26(11-13-29-15-17-30-16-14-28-12-10-25)24(27)31-18-23-21-8-4-2-6-19(21)20-7-3-5-9-22(20)23/h2-9,23H,10-18H2,1H3. The molecular weight excluding hydrogens is 418 g/mol. The maximum absolute atomic E-state index is 12.4. The molecular formula is C24H30ClNO5. The van der Waals surface area contributed by atoms with Crippen LogP contribution in [0, 0.1) is 0 Å². The van der Waals surface area contributed by atoms with Crippen LogP contribution in [0.2, 0.25) is 0 Å². The smallest absolute Gasteiger partial charge is 0.409 e. The van der Waals surface area contributed by atoms with E-state index in [2.05, 4.69) is 24.3 Å². The lowest BCUT2D eigenvalue weighted by atomic mass is 9.98. The molecule has 0 atom stereocenters. The number of carbonyl (C=O) groups excluding carboxylic acids is 1. The summed E-state index contributed by atoms with van der Waals surface area (Å²) in [7, 11) is 1.72. The Kier molecular flexibility index (Phi) is 9.62. The average molecular weight is 448 g/mol. The van der Waals surface area contributed by atoms with E-state index in [9.17, 15) is 4.79 Å². The van der Waals surface area contributed by atoms with Gasteiger partial charge >= 0.3 is 6.09 Å². The van der Waals surface area contributed by atoms with Gasteiger partial charge < -0.3 is 23.8 Å². The fourth-order valence-electron chi connectivity index (χ4n) is 3.59. The summed E-state index contributed by atoms with van der Waals surface area (Å²) in [6.45, 7) is 3.72. The Bertz CT molecular complexity index is 786. The number of benzene rings is 2. The number of rotatable bonds is 13. The molecule has 0 N–H and O–H groups in total. The van der Waals surface area contributed by atoms with Crippen LogP contribution in [-0.2, 0) is 18.9 Å². The highest BCUT2D eigenvalue weighted by Gasteiger charge is 2.29. The first-order valence-corrected chi connectivity index (χ1v) is 11.1. The number of hydrogen-bond donors (Lipinski definition) is 0. The number of alkyl halides is 1. The van der Waals surface area contributed by atoms with E-state index in [-0.39, 0.29) is 12.0 Å². The van der Waals surface area contributed by atoms with Gasteiger partial charge in [-0.2, -0.15) is 0 Å². The Balaban J connectivity index is 1.35. The van der Waals surface area contributed by atoms with Gasteiger partial charge in [0.25, 0.3) is 0 Å². The molecule has 31 heavy (non-hydrogen) atoms. The Morgan fingerprint density at radius 2 is 1.35 bits per heavy atom. The third-order valence-corrected chi connectivity index (χ3v) is 5.34. The number of hydrogen-bond acceptors (Lipinski definition) is 5. The predicted molar refractivity (Wildman–Crippen MR) is 121 cm³/mol. The number of carbonyl (C=O) groups is 1. The van der Waals surface area contributed by atoms with E-state index in [4.69, 9.17) is 30.5 Å². The van der Waals surface area contributed by atoms with Gasteiger partial charge in [0.15, 0.2) is 0 Å². The molecule has 0 saturated carbocycles. The molecule has 0 unspecified atom stereocenters. The molecule has 1 amide bonds. The number of likely N-dealkylation sites (N-methyl/N-ethyl adjacent to an activating group) is 1. The first-order valence-electron chi connectivity index (χ1n) is 10.6. The molecule has 0 radical (unpaired) electrons. The molecule has 0 aromatic heterocycles. The van der Waals surface area contributed by atoms with Crippen LogP contribution in [-0.4, -0.2) is 76.7 Å². The number of ether oxygens (including phenoxy) is 4. The van der Waals surface area contributed by atoms with Gasteiger partial charge in [-0.25, -0.2) is 4.79 Å². The van der Waals surface area contributed by atoms with Crippen molar-refractivity contribution in [2.45, 2.75) is 5.92 Å². The van der Waals surface area contributed by atoms with Crippen molar-refractivity contribution in [3.05, 3.63) is 59.7 Å². The second-order valence-corrected chi connectivity index (χ2v) is 7.63. The summed E-state index contributed by atoms with van der Waals surface area (Å²) in [5, 5.41) is 0. The van der Waals surface area contributed by atoms with Gasteiger partial charge in [-0.05, 0) is 22.3 Å². The van der Waals surface area contributed by atoms with E-state index in [0.717, 1.165) is 0 Å². The first kappa shape index (κ1) is 23.5. The van der Waals surface area contributed by atoms with Gasteiger partial charge in [0.1, 0.15) is 6.61 Å². The molecule has 0 heterocycles. The fraction of sp³-hybridized carbons (Fsp3) is 0.458. The van der Waals surface area contributed by atoms with Gasteiger partial charge in [-0.15, -0.1) is 11.6 Å². The first-order chi connectivity index (χ1) is 15.2. The molecule has 0 bridgehead atoms. The summed E-state index contributed by atoms with van der Waals surface area (Å²) in [5.41, 5.74) is 4.84. The molecule has 2 aromatic carbocycles. The van der Waals surface area contributed by atoms with Crippen LogP contribution in [0.3, 0.4) is 0 Å². The second-order valence-electron chi connectivity index (χ2n) is 7.25.